The van der Waals surface area contributed by atoms with Gasteiger partial charge in [0, 0.05) is 17.8 Å². The molecule has 2 aromatic heterocycles. The van der Waals surface area contributed by atoms with E-state index in [1.54, 1.807) is 6.20 Å². The Hall–Kier alpha value is -1.02. The Morgan fingerprint density at radius 1 is 1.46 bits per heavy atom. The number of H-pyrrole nitrogens is 1. The lowest BCUT2D eigenvalue weighted by molar-refractivity contribution is 0.874. The summed E-state index contributed by atoms with van der Waals surface area (Å²) in [5.74, 6) is 0.425. The van der Waals surface area contributed by atoms with Gasteiger partial charge in [-0.2, -0.15) is 0 Å². The average molecular weight is 195 g/mol. The van der Waals surface area contributed by atoms with Crippen LogP contribution in [0.15, 0.2) is 18.5 Å². The van der Waals surface area contributed by atoms with E-state index in [9.17, 15) is 0 Å². The first-order chi connectivity index (χ1) is 6.20. The van der Waals surface area contributed by atoms with Gasteiger partial charge in [0.25, 0.3) is 0 Å². The molecule has 0 spiro atoms. The Morgan fingerprint density at radius 3 is 2.92 bits per heavy atom. The van der Waals surface area contributed by atoms with Gasteiger partial charge in [0.2, 0.25) is 0 Å². The predicted molar refractivity (Wildman–Crippen MR) is 55.2 cm³/mol. The molecule has 2 nitrogen and oxygen atoms in total. The van der Waals surface area contributed by atoms with Crippen LogP contribution in [-0.2, 0) is 0 Å². The van der Waals surface area contributed by atoms with Crippen molar-refractivity contribution in [3.63, 3.8) is 0 Å². The molecular formula is C10H11ClN2. The summed E-state index contributed by atoms with van der Waals surface area (Å²) in [7, 11) is 0. The van der Waals surface area contributed by atoms with Gasteiger partial charge >= 0.3 is 0 Å². The fourth-order valence-electron chi connectivity index (χ4n) is 1.59. The van der Waals surface area contributed by atoms with Crippen molar-refractivity contribution in [2.75, 3.05) is 0 Å². The Labute approximate surface area is 81.9 Å². The highest BCUT2D eigenvalue weighted by atomic mass is 35.5. The molecular weight excluding hydrogens is 184 g/mol. The van der Waals surface area contributed by atoms with Gasteiger partial charge in [-0.05, 0) is 17.5 Å². The number of hydrogen-bond acceptors (Lipinski definition) is 1. The van der Waals surface area contributed by atoms with Gasteiger partial charge in [-0.1, -0.05) is 25.4 Å². The third kappa shape index (κ3) is 1.31. The monoisotopic (exact) mass is 194 g/mol. The highest BCUT2D eigenvalue weighted by Gasteiger charge is 2.10. The van der Waals surface area contributed by atoms with Crippen LogP contribution in [0.25, 0.3) is 11.0 Å². The number of fused-ring (bicyclic) bond motifs is 1. The lowest BCUT2D eigenvalue weighted by atomic mass is 10.0. The van der Waals surface area contributed by atoms with Crippen LogP contribution in [0.4, 0.5) is 0 Å². The Balaban J connectivity index is 2.80. The minimum Gasteiger partial charge on any atom is -0.346 e. The van der Waals surface area contributed by atoms with Gasteiger partial charge in [-0.3, -0.25) is 0 Å². The summed E-state index contributed by atoms with van der Waals surface area (Å²) < 4.78 is 0. The molecule has 13 heavy (non-hydrogen) atoms. The van der Waals surface area contributed by atoms with Crippen LogP contribution in [0.1, 0.15) is 25.3 Å². The second kappa shape index (κ2) is 3.04. The van der Waals surface area contributed by atoms with Crippen molar-refractivity contribution in [2.45, 2.75) is 19.8 Å². The van der Waals surface area contributed by atoms with Crippen molar-refractivity contribution < 1.29 is 0 Å². The fourth-order valence-corrected chi connectivity index (χ4v) is 1.96. The molecule has 0 atom stereocenters. The summed E-state index contributed by atoms with van der Waals surface area (Å²) >= 11 is 6.08. The third-order valence-electron chi connectivity index (χ3n) is 2.16. The largest absolute Gasteiger partial charge is 0.346 e. The Bertz CT molecular complexity index is 431. The van der Waals surface area contributed by atoms with E-state index in [0.29, 0.717) is 5.92 Å². The molecule has 0 aliphatic carbocycles. The number of aromatic amines is 1. The molecule has 0 saturated heterocycles. The molecule has 0 amide bonds. The molecule has 3 heteroatoms. The third-order valence-corrected chi connectivity index (χ3v) is 2.46. The number of hydrogen-bond donors (Lipinski definition) is 1. The molecule has 0 bridgehead atoms. The highest BCUT2D eigenvalue weighted by molar-refractivity contribution is 6.32. The minimum absolute atomic E-state index is 0.425. The van der Waals surface area contributed by atoms with Crippen LogP contribution in [-0.4, -0.2) is 9.97 Å². The number of aromatic nitrogens is 2. The molecule has 2 rings (SSSR count). The second-order valence-corrected chi connectivity index (χ2v) is 3.82. The first kappa shape index (κ1) is 8.57. The average Bonchev–Trinajstić information content (AvgIpc) is 2.50. The first-order valence-electron chi connectivity index (χ1n) is 4.31. The number of pyridine rings is 1. The summed E-state index contributed by atoms with van der Waals surface area (Å²) in [5, 5.41) is 1.88. The van der Waals surface area contributed by atoms with Crippen molar-refractivity contribution >= 4 is 22.6 Å². The summed E-state index contributed by atoms with van der Waals surface area (Å²) in [6.07, 6.45) is 3.59. The number of nitrogens with zero attached hydrogens (tertiary/aromatic N) is 1. The van der Waals surface area contributed by atoms with Gasteiger partial charge in [0.1, 0.15) is 5.65 Å². The standard InChI is InChI=1S/C10H11ClN2/c1-6(2)9-7-3-4-12-10(7)13-5-8(9)11/h3-6H,1-2H3,(H,12,13). The van der Waals surface area contributed by atoms with E-state index in [1.165, 1.54) is 5.56 Å². The predicted octanol–water partition coefficient (Wildman–Crippen LogP) is 3.34. The van der Waals surface area contributed by atoms with Crippen molar-refractivity contribution in [1.82, 2.24) is 9.97 Å². The molecule has 0 radical (unpaired) electrons. The molecule has 0 saturated carbocycles. The van der Waals surface area contributed by atoms with Gasteiger partial charge in [0.15, 0.2) is 0 Å². The molecule has 0 aromatic carbocycles. The van der Waals surface area contributed by atoms with E-state index in [2.05, 4.69) is 23.8 Å². The maximum Gasteiger partial charge on any atom is 0.137 e. The number of halogens is 1. The lowest BCUT2D eigenvalue weighted by Crippen LogP contribution is -1.91. The van der Waals surface area contributed by atoms with Crippen LogP contribution in [0, 0.1) is 0 Å². The first-order valence-corrected chi connectivity index (χ1v) is 4.69. The minimum atomic E-state index is 0.425. The van der Waals surface area contributed by atoms with Crippen LogP contribution in [0.5, 0.6) is 0 Å². The molecule has 0 aliphatic rings. The molecule has 0 unspecified atom stereocenters. The van der Waals surface area contributed by atoms with Gasteiger partial charge in [-0.15, -0.1) is 0 Å². The number of rotatable bonds is 1. The summed E-state index contributed by atoms with van der Waals surface area (Å²) in [4.78, 5) is 7.27. The smallest absolute Gasteiger partial charge is 0.137 e. The van der Waals surface area contributed by atoms with Crippen LogP contribution >= 0.6 is 11.6 Å². The van der Waals surface area contributed by atoms with Crippen molar-refractivity contribution in [3.8, 4) is 0 Å². The molecule has 1 N–H and O–H groups in total. The zero-order valence-corrected chi connectivity index (χ0v) is 8.39. The SMILES string of the molecule is CC(C)c1c(Cl)cnc2[nH]ccc12. The van der Waals surface area contributed by atoms with Crippen LogP contribution in [0.2, 0.25) is 5.02 Å². The number of nitrogens with one attached hydrogen (secondary N) is 1. The zero-order chi connectivity index (χ0) is 9.42. The van der Waals surface area contributed by atoms with E-state index >= 15 is 0 Å². The van der Waals surface area contributed by atoms with Crippen molar-refractivity contribution in [2.24, 2.45) is 0 Å². The van der Waals surface area contributed by atoms with E-state index < -0.39 is 0 Å². The van der Waals surface area contributed by atoms with Crippen molar-refractivity contribution in [3.05, 3.63) is 29.0 Å². The maximum absolute atomic E-state index is 6.08. The van der Waals surface area contributed by atoms with E-state index in [-0.39, 0.29) is 0 Å². The highest BCUT2D eigenvalue weighted by Crippen LogP contribution is 2.29. The lowest BCUT2D eigenvalue weighted by Gasteiger charge is -2.08. The Morgan fingerprint density at radius 2 is 2.23 bits per heavy atom. The topological polar surface area (TPSA) is 28.7 Å². The summed E-state index contributed by atoms with van der Waals surface area (Å²) in [6.45, 7) is 4.27. The summed E-state index contributed by atoms with van der Waals surface area (Å²) in [5.41, 5.74) is 2.08. The summed E-state index contributed by atoms with van der Waals surface area (Å²) in [6, 6.07) is 2.02. The van der Waals surface area contributed by atoms with E-state index in [4.69, 9.17) is 11.6 Å². The van der Waals surface area contributed by atoms with E-state index in [1.807, 2.05) is 12.3 Å². The quantitative estimate of drug-likeness (QED) is 0.741. The van der Waals surface area contributed by atoms with Crippen LogP contribution < -0.4 is 0 Å². The van der Waals surface area contributed by atoms with Crippen LogP contribution in [0.3, 0.4) is 0 Å². The fraction of sp³-hybridized carbons (Fsp3) is 0.300. The molecule has 2 heterocycles. The van der Waals surface area contributed by atoms with Gasteiger partial charge in [0.05, 0.1) is 5.02 Å². The van der Waals surface area contributed by atoms with Gasteiger partial charge in [-0.25, -0.2) is 4.98 Å². The molecule has 0 fully saturated rings. The molecule has 0 aliphatic heterocycles. The van der Waals surface area contributed by atoms with Gasteiger partial charge < -0.3 is 4.98 Å². The molecule has 68 valence electrons. The maximum atomic E-state index is 6.08. The van der Waals surface area contributed by atoms with E-state index in [0.717, 1.165) is 16.1 Å². The molecule has 2 aromatic rings. The second-order valence-electron chi connectivity index (χ2n) is 3.41. The normalized spacial score (nSPS) is 11.4. The Kier molecular flexibility index (Phi) is 2.00. The van der Waals surface area contributed by atoms with Crippen molar-refractivity contribution in [1.29, 1.82) is 0 Å². The zero-order valence-electron chi connectivity index (χ0n) is 7.63.